The summed E-state index contributed by atoms with van der Waals surface area (Å²) in [7, 11) is -1.45. The number of piperazine rings is 1. The van der Waals surface area contributed by atoms with Crippen molar-refractivity contribution in [2.45, 2.75) is 76.9 Å². The fourth-order valence-corrected chi connectivity index (χ4v) is 6.80. The van der Waals surface area contributed by atoms with E-state index >= 15 is 0 Å². The number of carbonyl (C=O) groups is 1. The van der Waals surface area contributed by atoms with E-state index in [1.54, 1.807) is 14.7 Å². The number of likely N-dealkylation sites (N-methyl/N-ethyl adjacent to an activating group) is 1. The van der Waals surface area contributed by atoms with E-state index in [1.165, 1.54) is 0 Å². The zero-order valence-electron chi connectivity index (χ0n) is 18.5. The quantitative estimate of drug-likeness (QED) is 0.634. The van der Waals surface area contributed by atoms with Crippen molar-refractivity contribution in [3.05, 3.63) is 17.5 Å². The maximum absolute atomic E-state index is 13.3. The number of Topliss-reactive ketones (excluding diaryl/α,β-unsaturated/α-hetero) is 1. The molecule has 1 aromatic heterocycles. The van der Waals surface area contributed by atoms with E-state index in [9.17, 15) is 13.2 Å². The Morgan fingerprint density at radius 3 is 2.40 bits per heavy atom. The van der Waals surface area contributed by atoms with Crippen molar-refractivity contribution in [1.29, 1.82) is 0 Å². The zero-order chi connectivity index (χ0) is 21.6. The van der Waals surface area contributed by atoms with E-state index < -0.39 is 10.2 Å². The van der Waals surface area contributed by atoms with Crippen molar-refractivity contribution in [2.24, 2.45) is 5.92 Å². The van der Waals surface area contributed by atoms with Crippen molar-refractivity contribution < 1.29 is 17.7 Å². The number of hydrogen-bond donors (Lipinski definition) is 0. The van der Waals surface area contributed by atoms with Gasteiger partial charge in [0.2, 0.25) is 0 Å². The highest BCUT2D eigenvalue weighted by Gasteiger charge is 2.41. The minimum atomic E-state index is -3.50. The first kappa shape index (κ1) is 21.9. The first-order chi connectivity index (χ1) is 14.2. The largest absolute Gasteiger partial charge is 0.360 e. The van der Waals surface area contributed by atoms with Crippen LogP contribution in [0.3, 0.4) is 0 Å². The number of rotatable bonds is 6. The summed E-state index contributed by atoms with van der Waals surface area (Å²) in [6.07, 6.45) is 4.01. The van der Waals surface area contributed by atoms with Crippen molar-refractivity contribution in [1.82, 2.24) is 18.7 Å². The number of nitrogens with zero attached hydrogens (tertiary/aromatic N) is 4. The molecule has 0 aromatic carbocycles. The van der Waals surface area contributed by atoms with E-state index in [0.29, 0.717) is 50.5 Å². The van der Waals surface area contributed by atoms with Crippen LogP contribution in [0.1, 0.15) is 75.0 Å². The van der Waals surface area contributed by atoms with Crippen molar-refractivity contribution in [3.63, 3.8) is 0 Å². The minimum Gasteiger partial charge on any atom is -0.360 e. The highest BCUT2D eigenvalue weighted by molar-refractivity contribution is 7.86. The van der Waals surface area contributed by atoms with Crippen LogP contribution in [-0.4, -0.2) is 77.7 Å². The van der Waals surface area contributed by atoms with Crippen LogP contribution in [0.25, 0.3) is 0 Å². The van der Waals surface area contributed by atoms with Crippen LogP contribution < -0.4 is 0 Å². The standard InChI is InChI=1S/C21H34N4O4S/c1-14-9-17(10-20(26)19-11-21(29-22-19)18-5-6-18)7-8-25(14)30(27,28)24-12-15(2)23(4)16(3)13-24/h11,14-18H,5-10,12-13H2,1-4H3/t14-,15-,16+,17-/m0/s1. The van der Waals surface area contributed by atoms with Crippen molar-refractivity contribution in [2.75, 3.05) is 26.7 Å². The van der Waals surface area contributed by atoms with Gasteiger partial charge in [-0.1, -0.05) is 5.16 Å². The first-order valence-electron chi connectivity index (χ1n) is 11.2. The second kappa shape index (κ2) is 8.33. The van der Waals surface area contributed by atoms with Gasteiger partial charge in [0.1, 0.15) is 11.5 Å². The molecule has 3 aliphatic rings. The van der Waals surface area contributed by atoms with E-state index in [4.69, 9.17) is 4.52 Å². The molecule has 3 heterocycles. The summed E-state index contributed by atoms with van der Waals surface area (Å²) in [5.74, 6) is 1.43. The molecule has 0 spiro atoms. The maximum atomic E-state index is 13.3. The topological polar surface area (TPSA) is 87.0 Å². The van der Waals surface area contributed by atoms with Crippen LogP contribution in [0, 0.1) is 5.92 Å². The first-order valence-corrected chi connectivity index (χ1v) is 12.5. The molecule has 0 bridgehead atoms. The van der Waals surface area contributed by atoms with Gasteiger partial charge in [0.05, 0.1) is 0 Å². The number of carbonyl (C=O) groups excluding carboxylic acids is 1. The predicted octanol–water partition coefficient (Wildman–Crippen LogP) is 2.49. The fourth-order valence-electron chi connectivity index (χ4n) is 4.82. The molecule has 30 heavy (non-hydrogen) atoms. The molecule has 4 atom stereocenters. The van der Waals surface area contributed by atoms with E-state index in [1.807, 2.05) is 14.0 Å². The molecular weight excluding hydrogens is 404 g/mol. The molecule has 2 saturated heterocycles. The predicted molar refractivity (Wildman–Crippen MR) is 113 cm³/mol. The normalized spacial score (nSPS) is 32.4. The number of ketones is 1. The molecule has 168 valence electrons. The fraction of sp³-hybridized carbons (Fsp3) is 0.810. The SMILES string of the molecule is C[C@@H]1CN(S(=O)(=O)N2CC[C@H](CC(=O)c3cc(C4CC4)on3)C[C@@H]2C)C[C@H](C)N1C. The highest BCUT2D eigenvalue weighted by Crippen LogP contribution is 2.40. The Labute approximate surface area is 179 Å². The summed E-state index contributed by atoms with van der Waals surface area (Å²) >= 11 is 0. The lowest BCUT2D eigenvalue weighted by Crippen LogP contribution is -2.60. The number of aromatic nitrogens is 1. The summed E-state index contributed by atoms with van der Waals surface area (Å²) in [6.45, 7) is 7.59. The Morgan fingerprint density at radius 1 is 1.13 bits per heavy atom. The Morgan fingerprint density at radius 2 is 1.80 bits per heavy atom. The van der Waals surface area contributed by atoms with Gasteiger partial charge >= 0.3 is 0 Å². The van der Waals surface area contributed by atoms with Gasteiger partial charge in [0.25, 0.3) is 10.2 Å². The third-order valence-corrected chi connectivity index (χ3v) is 9.23. The maximum Gasteiger partial charge on any atom is 0.282 e. The summed E-state index contributed by atoms with van der Waals surface area (Å²) in [5, 5.41) is 3.96. The number of piperidine rings is 1. The third kappa shape index (κ3) is 4.35. The van der Waals surface area contributed by atoms with Crippen LogP contribution in [0.5, 0.6) is 0 Å². The average molecular weight is 439 g/mol. The smallest absolute Gasteiger partial charge is 0.282 e. The van der Waals surface area contributed by atoms with Gasteiger partial charge in [-0.05, 0) is 59.4 Å². The second-order valence-electron chi connectivity index (χ2n) is 9.55. The summed E-state index contributed by atoms with van der Waals surface area (Å²) in [5.41, 5.74) is 0.417. The van der Waals surface area contributed by atoms with Crippen LogP contribution in [-0.2, 0) is 10.2 Å². The summed E-state index contributed by atoms with van der Waals surface area (Å²) in [4.78, 5) is 14.9. The van der Waals surface area contributed by atoms with E-state index in [2.05, 4.69) is 23.9 Å². The number of hydrogen-bond acceptors (Lipinski definition) is 6. The van der Waals surface area contributed by atoms with Crippen molar-refractivity contribution in [3.8, 4) is 0 Å². The summed E-state index contributed by atoms with van der Waals surface area (Å²) in [6, 6.07) is 2.05. The lowest BCUT2D eigenvalue weighted by Gasteiger charge is -2.45. The van der Waals surface area contributed by atoms with Crippen LogP contribution in [0.4, 0.5) is 0 Å². The van der Waals surface area contributed by atoms with Crippen LogP contribution in [0.15, 0.2) is 10.6 Å². The van der Waals surface area contributed by atoms with Gasteiger partial charge in [-0.25, -0.2) is 0 Å². The van der Waals surface area contributed by atoms with Gasteiger partial charge < -0.3 is 4.52 Å². The average Bonchev–Trinajstić information content (AvgIpc) is 3.42. The molecule has 0 amide bonds. The Kier molecular flexibility index (Phi) is 6.09. The second-order valence-corrected chi connectivity index (χ2v) is 11.4. The monoisotopic (exact) mass is 438 g/mol. The molecule has 0 N–H and O–H groups in total. The summed E-state index contributed by atoms with van der Waals surface area (Å²) < 4.78 is 35.2. The van der Waals surface area contributed by atoms with Gasteiger partial charge in [-0.3, -0.25) is 9.69 Å². The molecule has 1 aliphatic carbocycles. The molecule has 8 nitrogen and oxygen atoms in total. The molecule has 2 aliphatic heterocycles. The molecule has 9 heteroatoms. The molecule has 4 rings (SSSR count). The highest BCUT2D eigenvalue weighted by atomic mass is 32.2. The van der Waals surface area contributed by atoms with Crippen molar-refractivity contribution >= 4 is 16.0 Å². The van der Waals surface area contributed by atoms with Crippen LogP contribution in [0.2, 0.25) is 0 Å². The van der Waals surface area contributed by atoms with Gasteiger partial charge in [-0.2, -0.15) is 17.0 Å². The molecule has 0 radical (unpaired) electrons. The minimum absolute atomic E-state index is 0.000810. The third-order valence-electron chi connectivity index (χ3n) is 7.14. The van der Waals surface area contributed by atoms with Gasteiger partial charge in [0, 0.05) is 56.2 Å². The molecule has 0 unspecified atom stereocenters. The molecule has 1 aromatic rings. The Hall–Kier alpha value is -1.29. The zero-order valence-corrected chi connectivity index (χ0v) is 19.3. The lowest BCUT2D eigenvalue weighted by atomic mass is 9.88. The lowest BCUT2D eigenvalue weighted by molar-refractivity contribution is 0.0890. The van der Waals surface area contributed by atoms with Crippen LogP contribution >= 0.6 is 0 Å². The van der Waals surface area contributed by atoms with E-state index in [0.717, 1.165) is 18.6 Å². The van der Waals surface area contributed by atoms with Gasteiger partial charge in [-0.15, -0.1) is 0 Å². The molecule has 1 saturated carbocycles. The Bertz CT molecular complexity index is 869. The molecular formula is C21H34N4O4S. The molecule has 3 fully saturated rings. The van der Waals surface area contributed by atoms with Gasteiger partial charge in [0.15, 0.2) is 5.78 Å². The van der Waals surface area contributed by atoms with E-state index in [-0.39, 0.29) is 29.8 Å². The Balaban J connectivity index is 1.35.